The number of halogens is 1. The van der Waals surface area contributed by atoms with Crippen LogP contribution in [0.4, 0.5) is 0 Å². The standard InChI is InChI=1S/C10H10ClNO2/c11-8-3-1-2-7(4-8)10(14)12-5-9(13)6-12/h1-4,9,13H,5-6H2. The van der Waals surface area contributed by atoms with Crippen molar-refractivity contribution in [3.05, 3.63) is 34.9 Å². The number of aliphatic hydroxyl groups is 1. The van der Waals surface area contributed by atoms with Crippen molar-refractivity contribution < 1.29 is 9.90 Å². The molecule has 1 aliphatic rings. The Morgan fingerprint density at radius 3 is 2.79 bits per heavy atom. The molecule has 0 spiro atoms. The largest absolute Gasteiger partial charge is 0.389 e. The Morgan fingerprint density at radius 1 is 1.50 bits per heavy atom. The first-order chi connectivity index (χ1) is 6.66. The topological polar surface area (TPSA) is 40.5 Å². The molecule has 1 heterocycles. The molecule has 74 valence electrons. The molecule has 0 bridgehead atoms. The molecule has 0 radical (unpaired) electrons. The Bertz CT molecular complexity index is 361. The molecule has 1 aromatic carbocycles. The molecule has 0 unspecified atom stereocenters. The minimum absolute atomic E-state index is 0.0715. The van der Waals surface area contributed by atoms with Crippen molar-refractivity contribution in [3.63, 3.8) is 0 Å². The third-order valence-corrected chi connectivity index (χ3v) is 2.46. The van der Waals surface area contributed by atoms with Crippen LogP contribution in [0.15, 0.2) is 24.3 Å². The van der Waals surface area contributed by atoms with Crippen molar-refractivity contribution in [2.75, 3.05) is 13.1 Å². The maximum absolute atomic E-state index is 11.7. The molecule has 14 heavy (non-hydrogen) atoms. The highest BCUT2D eigenvalue weighted by Gasteiger charge is 2.29. The summed E-state index contributed by atoms with van der Waals surface area (Å²) in [6.45, 7) is 0.844. The van der Waals surface area contributed by atoms with Gasteiger partial charge in [0.25, 0.3) is 5.91 Å². The number of aliphatic hydroxyl groups excluding tert-OH is 1. The van der Waals surface area contributed by atoms with Gasteiger partial charge in [-0.1, -0.05) is 17.7 Å². The maximum Gasteiger partial charge on any atom is 0.254 e. The second kappa shape index (κ2) is 3.59. The number of carbonyl (C=O) groups is 1. The van der Waals surface area contributed by atoms with Crippen molar-refractivity contribution in [1.82, 2.24) is 4.90 Å². The van der Waals surface area contributed by atoms with Crippen molar-refractivity contribution in [2.45, 2.75) is 6.10 Å². The van der Waals surface area contributed by atoms with Crippen LogP contribution >= 0.6 is 11.6 Å². The number of hydrogen-bond donors (Lipinski definition) is 1. The third kappa shape index (κ3) is 1.74. The van der Waals surface area contributed by atoms with Gasteiger partial charge in [-0.05, 0) is 18.2 Å². The minimum atomic E-state index is -0.363. The molecule has 1 saturated heterocycles. The second-order valence-corrected chi connectivity index (χ2v) is 3.81. The Labute approximate surface area is 86.9 Å². The Morgan fingerprint density at radius 2 is 2.21 bits per heavy atom. The van der Waals surface area contributed by atoms with E-state index in [1.165, 1.54) is 0 Å². The first-order valence-electron chi connectivity index (χ1n) is 4.40. The van der Waals surface area contributed by atoms with Crippen LogP contribution in [0.5, 0.6) is 0 Å². The van der Waals surface area contributed by atoms with E-state index >= 15 is 0 Å². The summed E-state index contributed by atoms with van der Waals surface area (Å²) in [6.07, 6.45) is -0.363. The smallest absolute Gasteiger partial charge is 0.254 e. The number of nitrogens with zero attached hydrogens (tertiary/aromatic N) is 1. The van der Waals surface area contributed by atoms with E-state index in [1.807, 2.05) is 0 Å². The quantitative estimate of drug-likeness (QED) is 0.757. The van der Waals surface area contributed by atoms with E-state index < -0.39 is 0 Å². The molecule has 1 amide bonds. The summed E-state index contributed by atoms with van der Waals surface area (Å²) < 4.78 is 0. The van der Waals surface area contributed by atoms with Crippen LogP contribution in [-0.4, -0.2) is 35.1 Å². The zero-order chi connectivity index (χ0) is 10.1. The fourth-order valence-corrected chi connectivity index (χ4v) is 1.62. The molecule has 0 saturated carbocycles. The second-order valence-electron chi connectivity index (χ2n) is 3.37. The van der Waals surface area contributed by atoms with Crippen LogP contribution < -0.4 is 0 Å². The summed E-state index contributed by atoms with van der Waals surface area (Å²) in [4.78, 5) is 13.3. The highest BCUT2D eigenvalue weighted by molar-refractivity contribution is 6.30. The molecule has 1 aliphatic heterocycles. The van der Waals surface area contributed by atoms with E-state index in [2.05, 4.69) is 0 Å². The molecule has 1 N–H and O–H groups in total. The van der Waals surface area contributed by atoms with Gasteiger partial charge >= 0.3 is 0 Å². The molecule has 2 rings (SSSR count). The molecule has 1 fully saturated rings. The summed E-state index contributed by atoms with van der Waals surface area (Å²) in [7, 11) is 0. The lowest BCUT2D eigenvalue weighted by molar-refractivity contribution is 0.00589. The van der Waals surface area contributed by atoms with Crippen molar-refractivity contribution in [2.24, 2.45) is 0 Å². The van der Waals surface area contributed by atoms with E-state index in [0.29, 0.717) is 23.7 Å². The van der Waals surface area contributed by atoms with E-state index in [1.54, 1.807) is 29.2 Å². The summed E-state index contributed by atoms with van der Waals surface area (Å²) >= 11 is 5.76. The summed E-state index contributed by atoms with van der Waals surface area (Å²) in [5.74, 6) is -0.0715. The van der Waals surface area contributed by atoms with Crippen LogP contribution in [0.3, 0.4) is 0 Å². The lowest BCUT2D eigenvalue weighted by Gasteiger charge is -2.35. The van der Waals surface area contributed by atoms with Gasteiger partial charge in [-0.3, -0.25) is 4.79 Å². The van der Waals surface area contributed by atoms with Gasteiger partial charge in [0.05, 0.1) is 6.10 Å². The average molecular weight is 212 g/mol. The van der Waals surface area contributed by atoms with Gasteiger partial charge in [0.15, 0.2) is 0 Å². The van der Waals surface area contributed by atoms with E-state index in [-0.39, 0.29) is 12.0 Å². The zero-order valence-corrected chi connectivity index (χ0v) is 8.24. The van der Waals surface area contributed by atoms with Crippen molar-refractivity contribution in [1.29, 1.82) is 0 Å². The number of rotatable bonds is 1. The number of β-amino-alcohol motifs (C(OH)–C–C–N with tert-alkyl or cyclic N) is 1. The normalized spacial score (nSPS) is 16.6. The van der Waals surface area contributed by atoms with Crippen LogP contribution in [0.25, 0.3) is 0 Å². The first-order valence-corrected chi connectivity index (χ1v) is 4.77. The summed E-state index contributed by atoms with van der Waals surface area (Å²) in [5.41, 5.74) is 0.574. The van der Waals surface area contributed by atoms with Crippen LogP contribution in [-0.2, 0) is 0 Å². The third-order valence-electron chi connectivity index (χ3n) is 2.22. The summed E-state index contributed by atoms with van der Waals surface area (Å²) in [5, 5.41) is 9.60. The molecular weight excluding hydrogens is 202 g/mol. The van der Waals surface area contributed by atoms with Crippen LogP contribution in [0, 0.1) is 0 Å². The van der Waals surface area contributed by atoms with Gasteiger partial charge in [-0.25, -0.2) is 0 Å². The number of amides is 1. The molecule has 0 atom stereocenters. The monoisotopic (exact) mass is 211 g/mol. The van der Waals surface area contributed by atoms with E-state index in [4.69, 9.17) is 16.7 Å². The molecule has 4 heteroatoms. The van der Waals surface area contributed by atoms with Gasteiger partial charge in [0.1, 0.15) is 0 Å². The summed E-state index contributed by atoms with van der Waals surface area (Å²) in [6, 6.07) is 6.82. The predicted molar refractivity (Wildman–Crippen MR) is 53.4 cm³/mol. The van der Waals surface area contributed by atoms with Gasteiger partial charge in [0, 0.05) is 23.7 Å². The number of hydrogen-bond acceptors (Lipinski definition) is 2. The first kappa shape index (κ1) is 9.49. The molecular formula is C10H10ClNO2. The van der Waals surface area contributed by atoms with Crippen LogP contribution in [0.2, 0.25) is 5.02 Å². The number of likely N-dealkylation sites (tertiary alicyclic amines) is 1. The highest BCUT2D eigenvalue weighted by atomic mass is 35.5. The SMILES string of the molecule is O=C(c1cccc(Cl)c1)N1CC(O)C1. The Balaban J connectivity index is 2.12. The molecule has 1 aromatic rings. The molecule has 0 aliphatic carbocycles. The highest BCUT2D eigenvalue weighted by Crippen LogP contribution is 2.16. The van der Waals surface area contributed by atoms with Gasteiger partial charge < -0.3 is 10.0 Å². The van der Waals surface area contributed by atoms with Crippen LogP contribution in [0.1, 0.15) is 10.4 Å². The maximum atomic E-state index is 11.7. The van der Waals surface area contributed by atoms with Gasteiger partial charge in [-0.15, -0.1) is 0 Å². The van der Waals surface area contributed by atoms with Crippen molar-refractivity contribution >= 4 is 17.5 Å². The molecule has 3 nitrogen and oxygen atoms in total. The zero-order valence-electron chi connectivity index (χ0n) is 7.48. The fourth-order valence-electron chi connectivity index (χ4n) is 1.43. The van der Waals surface area contributed by atoms with E-state index in [0.717, 1.165) is 0 Å². The minimum Gasteiger partial charge on any atom is -0.389 e. The molecule has 0 aromatic heterocycles. The fraction of sp³-hybridized carbons (Fsp3) is 0.300. The Hall–Kier alpha value is -1.06. The van der Waals surface area contributed by atoms with Gasteiger partial charge in [-0.2, -0.15) is 0 Å². The Kier molecular flexibility index (Phi) is 2.44. The van der Waals surface area contributed by atoms with Gasteiger partial charge in [0.2, 0.25) is 0 Å². The lowest BCUT2D eigenvalue weighted by atomic mass is 10.1. The lowest BCUT2D eigenvalue weighted by Crippen LogP contribution is -2.53. The number of carbonyl (C=O) groups excluding carboxylic acids is 1. The average Bonchev–Trinajstić information content (AvgIpc) is 2.12. The van der Waals surface area contributed by atoms with E-state index in [9.17, 15) is 4.79 Å². The number of benzene rings is 1. The van der Waals surface area contributed by atoms with Crippen molar-refractivity contribution in [3.8, 4) is 0 Å². The predicted octanol–water partition coefficient (Wildman–Crippen LogP) is 1.16.